The predicted molar refractivity (Wildman–Crippen MR) is 68.3 cm³/mol. The van der Waals surface area contributed by atoms with Gasteiger partial charge in [-0.3, -0.25) is 4.90 Å². The van der Waals surface area contributed by atoms with Crippen LogP contribution in [0.3, 0.4) is 0 Å². The van der Waals surface area contributed by atoms with E-state index in [9.17, 15) is 0 Å². The molecule has 0 saturated carbocycles. The van der Waals surface area contributed by atoms with Crippen LogP contribution in [-0.4, -0.2) is 40.5 Å². The number of nitrogens with zero attached hydrogens (tertiary/aromatic N) is 3. The summed E-state index contributed by atoms with van der Waals surface area (Å²) >= 11 is 5.95. The number of aromatic nitrogens is 2. The second kappa shape index (κ2) is 4.64. The highest BCUT2D eigenvalue weighted by Crippen LogP contribution is 2.14. The average Bonchev–Trinajstić information content (AvgIpc) is 2.73. The van der Waals surface area contributed by atoms with Crippen molar-refractivity contribution in [2.75, 3.05) is 26.2 Å². The van der Waals surface area contributed by atoms with Crippen LogP contribution in [-0.2, 0) is 6.54 Å². The smallest absolute Gasteiger partial charge is 0.138 e. The molecule has 0 unspecified atom stereocenters. The van der Waals surface area contributed by atoms with E-state index in [2.05, 4.69) is 19.6 Å². The summed E-state index contributed by atoms with van der Waals surface area (Å²) in [4.78, 5) is 6.82. The topological polar surface area (TPSA) is 32.6 Å². The molecule has 1 aliphatic rings. The van der Waals surface area contributed by atoms with E-state index in [0.717, 1.165) is 43.4 Å². The minimum absolute atomic E-state index is 0.733. The molecule has 1 fully saturated rings. The van der Waals surface area contributed by atoms with E-state index >= 15 is 0 Å². The quantitative estimate of drug-likeness (QED) is 0.875. The van der Waals surface area contributed by atoms with Gasteiger partial charge in [0.05, 0.1) is 11.9 Å². The fourth-order valence-electron chi connectivity index (χ4n) is 2.22. The number of hydrogen-bond donors (Lipinski definition) is 1. The van der Waals surface area contributed by atoms with Crippen LogP contribution in [0.1, 0.15) is 5.69 Å². The maximum Gasteiger partial charge on any atom is 0.138 e. The Morgan fingerprint density at radius 1 is 1.35 bits per heavy atom. The third kappa shape index (κ3) is 2.29. The summed E-state index contributed by atoms with van der Waals surface area (Å²) < 4.78 is 2.11. The summed E-state index contributed by atoms with van der Waals surface area (Å²) in [7, 11) is 0. The molecule has 0 aromatic carbocycles. The van der Waals surface area contributed by atoms with Gasteiger partial charge in [0, 0.05) is 43.9 Å². The molecule has 2 aromatic heterocycles. The number of halogens is 1. The molecule has 1 saturated heterocycles. The van der Waals surface area contributed by atoms with E-state index < -0.39 is 0 Å². The largest absolute Gasteiger partial charge is 0.314 e. The molecule has 0 radical (unpaired) electrons. The Labute approximate surface area is 105 Å². The second-order valence-electron chi connectivity index (χ2n) is 4.35. The van der Waals surface area contributed by atoms with Crippen LogP contribution in [0.15, 0.2) is 24.5 Å². The first-order chi connectivity index (χ1) is 8.33. The third-order valence-electron chi connectivity index (χ3n) is 3.15. The molecular formula is C12H15ClN4. The van der Waals surface area contributed by atoms with Crippen LogP contribution < -0.4 is 5.32 Å². The van der Waals surface area contributed by atoms with Crippen LogP contribution in [0.4, 0.5) is 0 Å². The zero-order valence-corrected chi connectivity index (χ0v) is 10.3. The van der Waals surface area contributed by atoms with Crippen LogP contribution in [0.2, 0.25) is 5.02 Å². The Kier molecular flexibility index (Phi) is 3.01. The maximum atomic E-state index is 5.95. The van der Waals surface area contributed by atoms with Gasteiger partial charge >= 0.3 is 0 Å². The molecule has 1 aliphatic heterocycles. The van der Waals surface area contributed by atoms with Crippen molar-refractivity contribution in [3.63, 3.8) is 0 Å². The van der Waals surface area contributed by atoms with Crippen LogP contribution in [0, 0.1) is 0 Å². The fraction of sp³-hybridized carbons (Fsp3) is 0.417. The number of hydrogen-bond acceptors (Lipinski definition) is 3. The Hall–Kier alpha value is -1.10. The first-order valence-electron chi connectivity index (χ1n) is 5.87. The van der Waals surface area contributed by atoms with Gasteiger partial charge < -0.3 is 9.72 Å². The van der Waals surface area contributed by atoms with Crippen molar-refractivity contribution in [3.05, 3.63) is 35.2 Å². The van der Waals surface area contributed by atoms with Gasteiger partial charge in [-0.15, -0.1) is 0 Å². The van der Waals surface area contributed by atoms with Gasteiger partial charge in [-0.05, 0) is 12.1 Å². The SMILES string of the molecule is Clc1ccn2c(CN3CCNCC3)cnc2c1. The summed E-state index contributed by atoms with van der Waals surface area (Å²) in [5.41, 5.74) is 2.14. The lowest BCUT2D eigenvalue weighted by Gasteiger charge is -2.26. The van der Waals surface area contributed by atoms with Crippen molar-refractivity contribution in [1.29, 1.82) is 0 Å². The fourth-order valence-corrected chi connectivity index (χ4v) is 2.38. The lowest BCUT2D eigenvalue weighted by atomic mass is 10.3. The standard InChI is InChI=1S/C12H15ClN4/c13-10-1-4-17-11(8-15-12(17)7-10)9-16-5-2-14-3-6-16/h1,4,7-8,14H,2-3,5-6,9H2. The molecule has 2 aromatic rings. The van der Waals surface area contributed by atoms with Gasteiger partial charge in [0.15, 0.2) is 0 Å². The van der Waals surface area contributed by atoms with E-state index in [1.165, 1.54) is 5.69 Å². The number of rotatable bonds is 2. The number of imidazole rings is 1. The molecular weight excluding hydrogens is 236 g/mol. The highest BCUT2D eigenvalue weighted by molar-refractivity contribution is 6.30. The average molecular weight is 251 g/mol. The summed E-state index contributed by atoms with van der Waals surface area (Å²) in [5.74, 6) is 0. The van der Waals surface area contributed by atoms with E-state index in [1.807, 2.05) is 24.5 Å². The number of piperazine rings is 1. The zero-order valence-electron chi connectivity index (χ0n) is 9.56. The summed E-state index contributed by atoms with van der Waals surface area (Å²) in [6.45, 7) is 5.29. The summed E-state index contributed by atoms with van der Waals surface area (Å²) in [6, 6.07) is 3.79. The summed E-state index contributed by atoms with van der Waals surface area (Å²) in [6.07, 6.45) is 3.93. The number of pyridine rings is 1. The zero-order chi connectivity index (χ0) is 11.7. The van der Waals surface area contributed by atoms with Crippen LogP contribution >= 0.6 is 11.6 Å². The van der Waals surface area contributed by atoms with Crippen molar-refractivity contribution in [3.8, 4) is 0 Å². The molecule has 4 nitrogen and oxygen atoms in total. The minimum Gasteiger partial charge on any atom is -0.314 e. The maximum absolute atomic E-state index is 5.95. The summed E-state index contributed by atoms with van der Waals surface area (Å²) in [5, 5.41) is 4.09. The molecule has 5 heteroatoms. The van der Waals surface area contributed by atoms with E-state index in [1.54, 1.807) is 0 Å². The predicted octanol–water partition coefficient (Wildman–Crippen LogP) is 1.39. The Morgan fingerprint density at radius 3 is 3.00 bits per heavy atom. The molecule has 90 valence electrons. The first kappa shape index (κ1) is 11.0. The molecule has 0 spiro atoms. The van der Waals surface area contributed by atoms with E-state index in [4.69, 9.17) is 11.6 Å². The molecule has 0 bridgehead atoms. The Morgan fingerprint density at radius 2 is 2.18 bits per heavy atom. The van der Waals surface area contributed by atoms with Crippen molar-refractivity contribution < 1.29 is 0 Å². The molecule has 3 rings (SSSR count). The first-order valence-corrected chi connectivity index (χ1v) is 6.25. The molecule has 0 atom stereocenters. The molecule has 0 amide bonds. The lowest BCUT2D eigenvalue weighted by Crippen LogP contribution is -2.43. The molecule has 17 heavy (non-hydrogen) atoms. The monoisotopic (exact) mass is 250 g/mol. The van der Waals surface area contributed by atoms with Crippen molar-refractivity contribution in [2.24, 2.45) is 0 Å². The van der Waals surface area contributed by atoms with Crippen LogP contribution in [0.5, 0.6) is 0 Å². The highest BCUT2D eigenvalue weighted by Gasteiger charge is 2.12. The van der Waals surface area contributed by atoms with Gasteiger partial charge in [0.25, 0.3) is 0 Å². The van der Waals surface area contributed by atoms with Crippen LogP contribution in [0.25, 0.3) is 5.65 Å². The van der Waals surface area contributed by atoms with Gasteiger partial charge in [-0.2, -0.15) is 0 Å². The lowest BCUT2D eigenvalue weighted by molar-refractivity contribution is 0.230. The molecule has 0 aliphatic carbocycles. The van der Waals surface area contributed by atoms with Gasteiger partial charge in [-0.1, -0.05) is 11.6 Å². The normalized spacial score (nSPS) is 17.7. The molecule has 1 N–H and O–H groups in total. The Balaban J connectivity index is 1.84. The van der Waals surface area contributed by atoms with E-state index in [-0.39, 0.29) is 0 Å². The van der Waals surface area contributed by atoms with Crippen molar-refractivity contribution in [1.82, 2.24) is 19.6 Å². The van der Waals surface area contributed by atoms with Gasteiger partial charge in [-0.25, -0.2) is 4.98 Å². The Bertz CT molecular complexity index is 516. The minimum atomic E-state index is 0.733. The highest BCUT2D eigenvalue weighted by atomic mass is 35.5. The number of fused-ring (bicyclic) bond motifs is 1. The molecule has 3 heterocycles. The number of nitrogens with one attached hydrogen (secondary N) is 1. The van der Waals surface area contributed by atoms with Crippen molar-refractivity contribution >= 4 is 17.2 Å². The van der Waals surface area contributed by atoms with Gasteiger partial charge in [0.2, 0.25) is 0 Å². The van der Waals surface area contributed by atoms with Crippen molar-refractivity contribution in [2.45, 2.75) is 6.54 Å². The van der Waals surface area contributed by atoms with Gasteiger partial charge in [0.1, 0.15) is 5.65 Å². The third-order valence-corrected chi connectivity index (χ3v) is 3.38. The van der Waals surface area contributed by atoms with E-state index in [0.29, 0.717) is 0 Å². The second-order valence-corrected chi connectivity index (χ2v) is 4.79.